The van der Waals surface area contributed by atoms with E-state index in [1.54, 1.807) is 29.8 Å². The maximum Gasteiger partial charge on any atom is 0.417 e. The molecule has 1 aromatic heterocycles. The molecule has 2 bridgehead atoms. The molecule has 2 N–H and O–H groups in total. The molecule has 0 saturated heterocycles. The Labute approximate surface area is 206 Å². The molecule has 0 spiro atoms. The van der Waals surface area contributed by atoms with E-state index >= 15 is 0 Å². The number of benzene rings is 2. The highest BCUT2D eigenvalue weighted by Crippen LogP contribution is 2.58. The summed E-state index contributed by atoms with van der Waals surface area (Å²) in [6, 6.07) is 10.5. The molecule has 3 aliphatic carbocycles. The van der Waals surface area contributed by atoms with Crippen molar-refractivity contribution in [3.63, 3.8) is 0 Å². The number of carbonyl (C=O) groups excluding carboxylic acids is 1. The van der Waals surface area contributed by atoms with Crippen LogP contribution in [0, 0.1) is 11.2 Å². The van der Waals surface area contributed by atoms with Crippen LogP contribution in [0.1, 0.15) is 49.9 Å². The zero-order chi connectivity index (χ0) is 25.7. The Balaban J connectivity index is 1.39. The van der Waals surface area contributed by atoms with Crippen LogP contribution in [0.15, 0.2) is 48.5 Å². The molecule has 2 aromatic carbocycles. The van der Waals surface area contributed by atoms with E-state index in [9.17, 15) is 22.4 Å². The number of amides is 2. The molecule has 0 unspecified atom stereocenters. The molecule has 3 saturated carbocycles. The summed E-state index contributed by atoms with van der Waals surface area (Å²) in [7, 11) is 1.73. The number of primary amides is 1. The number of hydrogen-bond donors (Lipinski definition) is 1. The van der Waals surface area contributed by atoms with E-state index in [0.29, 0.717) is 18.1 Å². The summed E-state index contributed by atoms with van der Waals surface area (Å²) in [6.45, 7) is 0.438. The second-order valence-corrected chi connectivity index (χ2v) is 10.1. The van der Waals surface area contributed by atoms with Crippen LogP contribution in [0.25, 0.3) is 11.4 Å². The summed E-state index contributed by atoms with van der Waals surface area (Å²) in [5.41, 5.74) is 5.11. The fourth-order valence-corrected chi connectivity index (χ4v) is 6.04. The molecule has 3 aromatic rings. The SMILES string of the molecule is Cn1c(-c2ccccc2C(F)(F)F)nnc1C12CCC(CN(C(N)=O)c3ccc(F)cc3)(CC1)CC2. The number of anilines is 1. The summed E-state index contributed by atoms with van der Waals surface area (Å²) < 4.78 is 55.9. The van der Waals surface area contributed by atoms with Crippen LogP contribution in [0.3, 0.4) is 0 Å². The van der Waals surface area contributed by atoms with E-state index in [2.05, 4.69) is 10.2 Å². The lowest BCUT2D eigenvalue weighted by Gasteiger charge is -2.53. The molecule has 3 aliphatic rings. The number of carbonyl (C=O) groups is 1. The van der Waals surface area contributed by atoms with E-state index in [1.807, 2.05) is 0 Å². The number of urea groups is 1. The van der Waals surface area contributed by atoms with Crippen molar-refractivity contribution in [3.8, 4) is 11.4 Å². The number of fused-ring (bicyclic) bond motifs is 3. The topological polar surface area (TPSA) is 77.0 Å². The highest BCUT2D eigenvalue weighted by molar-refractivity contribution is 5.90. The van der Waals surface area contributed by atoms with E-state index in [-0.39, 0.29) is 28.0 Å². The molecule has 10 heteroatoms. The first-order valence-corrected chi connectivity index (χ1v) is 11.9. The van der Waals surface area contributed by atoms with Gasteiger partial charge in [-0.2, -0.15) is 13.2 Å². The number of hydrogen-bond acceptors (Lipinski definition) is 3. The first-order chi connectivity index (χ1) is 17.0. The fraction of sp³-hybridized carbons (Fsp3) is 0.423. The third kappa shape index (κ3) is 4.12. The number of alkyl halides is 3. The van der Waals surface area contributed by atoms with Gasteiger partial charge in [0, 0.05) is 30.3 Å². The minimum atomic E-state index is -4.49. The van der Waals surface area contributed by atoms with Crippen molar-refractivity contribution in [1.82, 2.24) is 14.8 Å². The normalized spacial score (nSPS) is 23.6. The Hall–Kier alpha value is -3.43. The predicted molar refractivity (Wildman–Crippen MR) is 127 cm³/mol. The van der Waals surface area contributed by atoms with Crippen LogP contribution in [0.4, 0.5) is 28.0 Å². The molecule has 6 rings (SSSR count). The van der Waals surface area contributed by atoms with Crippen LogP contribution in [-0.4, -0.2) is 27.3 Å². The average Bonchev–Trinajstić information content (AvgIpc) is 3.25. The number of nitrogens with two attached hydrogens (primary N) is 1. The molecule has 6 nitrogen and oxygen atoms in total. The lowest BCUT2D eigenvalue weighted by atomic mass is 9.53. The second-order valence-electron chi connectivity index (χ2n) is 10.1. The van der Waals surface area contributed by atoms with E-state index in [4.69, 9.17) is 5.73 Å². The molecular weight excluding hydrogens is 474 g/mol. The minimum Gasteiger partial charge on any atom is -0.351 e. The second kappa shape index (κ2) is 8.60. The van der Waals surface area contributed by atoms with Gasteiger partial charge in [-0.25, -0.2) is 9.18 Å². The standard InChI is InChI=1S/C26H27F4N5O/c1-34-21(19-4-2-3-5-20(19)26(28,29)30)32-33-22(34)25-13-10-24(11-14-25,12-15-25)16-35(23(31)36)18-8-6-17(27)7-9-18/h2-9H,10-16H2,1H3,(H2,31,36). The van der Waals surface area contributed by atoms with E-state index in [1.165, 1.54) is 29.2 Å². The Morgan fingerprint density at radius 3 is 2.19 bits per heavy atom. The molecule has 0 atom stereocenters. The lowest BCUT2D eigenvalue weighted by molar-refractivity contribution is -0.137. The van der Waals surface area contributed by atoms with Gasteiger partial charge in [-0.15, -0.1) is 10.2 Å². The van der Waals surface area contributed by atoms with Gasteiger partial charge in [-0.05, 0) is 74.3 Å². The molecule has 1 heterocycles. The number of halogens is 4. The minimum absolute atomic E-state index is 0.0139. The Bertz CT molecular complexity index is 1260. The molecule has 36 heavy (non-hydrogen) atoms. The molecular formula is C26H27F4N5O. The van der Waals surface area contributed by atoms with Crippen molar-refractivity contribution in [3.05, 3.63) is 65.7 Å². The zero-order valence-electron chi connectivity index (χ0n) is 19.9. The average molecular weight is 502 g/mol. The van der Waals surface area contributed by atoms with Gasteiger partial charge in [0.05, 0.1) is 5.56 Å². The summed E-state index contributed by atoms with van der Waals surface area (Å²) in [5.74, 6) is 0.515. The van der Waals surface area contributed by atoms with Gasteiger partial charge in [-0.3, -0.25) is 4.90 Å². The molecule has 3 fully saturated rings. The maximum atomic E-state index is 13.6. The number of rotatable bonds is 5. The molecule has 2 amide bonds. The summed E-state index contributed by atoms with van der Waals surface area (Å²) in [4.78, 5) is 13.8. The molecule has 190 valence electrons. The van der Waals surface area contributed by atoms with Crippen molar-refractivity contribution in [1.29, 1.82) is 0 Å². The van der Waals surface area contributed by atoms with E-state index < -0.39 is 17.8 Å². The highest BCUT2D eigenvalue weighted by Gasteiger charge is 2.52. The van der Waals surface area contributed by atoms with Crippen LogP contribution in [-0.2, 0) is 18.6 Å². The Kier molecular flexibility index (Phi) is 5.80. The van der Waals surface area contributed by atoms with Gasteiger partial charge in [0.25, 0.3) is 0 Å². The largest absolute Gasteiger partial charge is 0.417 e. The summed E-state index contributed by atoms with van der Waals surface area (Å²) in [6.07, 6.45) is 0.326. The molecule has 0 radical (unpaired) electrons. The zero-order valence-corrected chi connectivity index (χ0v) is 19.9. The van der Waals surface area contributed by atoms with Crippen molar-refractivity contribution in [2.45, 2.75) is 50.1 Å². The Morgan fingerprint density at radius 2 is 1.61 bits per heavy atom. The highest BCUT2D eigenvalue weighted by atomic mass is 19.4. The van der Waals surface area contributed by atoms with Crippen molar-refractivity contribution >= 4 is 11.7 Å². The predicted octanol–water partition coefficient (Wildman–Crippen LogP) is 5.82. The van der Waals surface area contributed by atoms with Crippen molar-refractivity contribution in [2.24, 2.45) is 18.2 Å². The first-order valence-electron chi connectivity index (χ1n) is 11.9. The van der Waals surface area contributed by atoms with E-state index in [0.717, 1.165) is 44.6 Å². The quantitative estimate of drug-likeness (QED) is 0.448. The molecule has 0 aliphatic heterocycles. The van der Waals surface area contributed by atoms with Gasteiger partial charge < -0.3 is 10.3 Å². The van der Waals surface area contributed by atoms with Gasteiger partial charge >= 0.3 is 12.2 Å². The summed E-state index contributed by atoms with van der Waals surface area (Å²) in [5, 5.41) is 8.59. The van der Waals surface area contributed by atoms with Crippen molar-refractivity contribution < 1.29 is 22.4 Å². The van der Waals surface area contributed by atoms with Gasteiger partial charge in [0.15, 0.2) is 5.82 Å². The third-order valence-corrected chi connectivity index (χ3v) is 8.12. The van der Waals surface area contributed by atoms with Crippen molar-refractivity contribution in [2.75, 3.05) is 11.4 Å². The lowest BCUT2D eigenvalue weighted by Crippen LogP contribution is -2.52. The van der Waals surface area contributed by atoms with Gasteiger partial charge in [0.1, 0.15) is 11.6 Å². The monoisotopic (exact) mass is 501 g/mol. The first kappa shape index (κ1) is 24.3. The summed E-state index contributed by atoms with van der Waals surface area (Å²) >= 11 is 0. The van der Waals surface area contributed by atoms with Crippen LogP contribution in [0.2, 0.25) is 0 Å². The number of nitrogens with zero attached hydrogens (tertiary/aromatic N) is 4. The maximum absolute atomic E-state index is 13.6. The van der Waals surface area contributed by atoms with Crippen LogP contribution < -0.4 is 10.6 Å². The van der Waals surface area contributed by atoms with Crippen LogP contribution in [0.5, 0.6) is 0 Å². The fourth-order valence-electron chi connectivity index (χ4n) is 6.04. The van der Waals surface area contributed by atoms with Crippen LogP contribution >= 0.6 is 0 Å². The smallest absolute Gasteiger partial charge is 0.351 e. The number of aromatic nitrogens is 3. The third-order valence-electron chi connectivity index (χ3n) is 8.12. The van der Waals surface area contributed by atoms with Gasteiger partial charge in [0.2, 0.25) is 0 Å². The Morgan fingerprint density at radius 1 is 1.00 bits per heavy atom. The van der Waals surface area contributed by atoms with Gasteiger partial charge in [-0.1, -0.05) is 18.2 Å².